The number of carbonyl (C=O) groups excluding carboxylic acids is 2. The molecule has 0 unspecified atom stereocenters. The molecule has 0 aliphatic carbocycles. The summed E-state index contributed by atoms with van der Waals surface area (Å²) < 4.78 is 0. The van der Waals surface area contributed by atoms with Crippen molar-refractivity contribution in [1.29, 1.82) is 0 Å². The lowest BCUT2D eigenvalue weighted by Crippen LogP contribution is -2.43. The molecule has 0 aliphatic rings. The number of benzene rings is 2. The monoisotopic (exact) mass is 331 g/mol. The number of nitrogens with two attached hydrogens (primary N) is 1. The highest BCUT2D eigenvalue weighted by atomic mass is 35.5. The van der Waals surface area contributed by atoms with E-state index in [1.54, 1.807) is 18.2 Å². The maximum atomic E-state index is 12.3. The quantitative estimate of drug-likeness (QED) is 0.787. The number of hydrogen-bond donors (Lipinski definition) is 3. The maximum Gasteiger partial charge on any atom is 0.318 e. The summed E-state index contributed by atoms with van der Waals surface area (Å²) in [6, 6.07) is 14.7. The van der Waals surface area contributed by atoms with Crippen LogP contribution in [0.15, 0.2) is 54.6 Å². The zero-order valence-electron chi connectivity index (χ0n) is 12.6. The van der Waals surface area contributed by atoms with Gasteiger partial charge in [0.25, 0.3) is 0 Å². The van der Waals surface area contributed by atoms with Crippen molar-refractivity contribution in [3.8, 4) is 0 Å². The van der Waals surface area contributed by atoms with Gasteiger partial charge in [0.2, 0.25) is 5.91 Å². The molecule has 0 heterocycles. The number of rotatable bonds is 5. The summed E-state index contributed by atoms with van der Waals surface area (Å²) in [5.41, 5.74) is 6.65. The number of halogens is 1. The van der Waals surface area contributed by atoms with Crippen LogP contribution < -0.4 is 16.4 Å². The van der Waals surface area contributed by atoms with Crippen molar-refractivity contribution in [2.24, 2.45) is 5.73 Å². The Kier molecular flexibility index (Phi) is 5.73. The molecule has 5 nitrogen and oxygen atoms in total. The summed E-state index contributed by atoms with van der Waals surface area (Å²) in [7, 11) is 0. The van der Waals surface area contributed by atoms with Gasteiger partial charge in [-0.2, -0.15) is 0 Å². The van der Waals surface area contributed by atoms with Crippen molar-refractivity contribution >= 4 is 23.5 Å². The van der Waals surface area contributed by atoms with Crippen molar-refractivity contribution < 1.29 is 9.59 Å². The minimum atomic E-state index is -0.886. The van der Waals surface area contributed by atoms with E-state index in [0.717, 1.165) is 11.1 Å². The highest BCUT2D eigenvalue weighted by molar-refractivity contribution is 6.31. The summed E-state index contributed by atoms with van der Waals surface area (Å²) >= 11 is 6.20. The number of nitrogens with one attached hydrogen (secondary N) is 2. The second-order valence-corrected chi connectivity index (χ2v) is 5.51. The first-order chi connectivity index (χ1) is 11.0. The average molecular weight is 332 g/mol. The molecule has 3 amide bonds. The van der Waals surface area contributed by atoms with E-state index in [-0.39, 0.29) is 6.04 Å². The Bertz CT molecular complexity index is 691. The van der Waals surface area contributed by atoms with Gasteiger partial charge in [0, 0.05) is 11.1 Å². The number of hydrogen-bond acceptors (Lipinski definition) is 3. The maximum absolute atomic E-state index is 12.3. The second-order valence-electron chi connectivity index (χ2n) is 5.11. The fraction of sp³-hybridized carbons (Fsp3) is 0.176. The van der Waals surface area contributed by atoms with Gasteiger partial charge in [-0.15, -0.1) is 0 Å². The van der Waals surface area contributed by atoms with Gasteiger partial charge in [0.05, 0.1) is 0 Å². The molecule has 0 aromatic heterocycles. The summed E-state index contributed by atoms with van der Waals surface area (Å²) in [6.07, 6.45) is 0. The lowest BCUT2D eigenvalue weighted by molar-refractivity contribution is -0.122. The Morgan fingerprint density at radius 2 is 1.65 bits per heavy atom. The third kappa shape index (κ3) is 4.55. The van der Waals surface area contributed by atoms with Crippen LogP contribution in [0, 0.1) is 0 Å². The molecule has 6 heteroatoms. The molecule has 0 aliphatic heterocycles. The summed E-state index contributed by atoms with van der Waals surface area (Å²) in [5, 5.41) is 5.91. The van der Waals surface area contributed by atoms with Crippen LogP contribution in [0.1, 0.15) is 30.1 Å². The van der Waals surface area contributed by atoms with Gasteiger partial charge < -0.3 is 5.73 Å². The van der Waals surface area contributed by atoms with E-state index in [9.17, 15) is 9.59 Å². The molecule has 0 saturated carbocycles. The molecule has 0 fully saturated rings. The van der Waals surface area contributed by atoms with E-state index in [1.165, 1.54) is 0 Å². The number of primary amides is 1. The van der Waals surface area contributed by atoms with Crippen LogP contribution in [0.3, 0.4) is 0 Å². The van der Waals surface area contributed by atoms with Crippen LogP contribution in [-0.4, -0.2) is 11.9 Å². The predicted octanol–water partition coefficient (Wildman–Crippen LogP) is 2.93. The molecule has 0 radical (unpaired) electrons. The normalized spacial score (nSPS) is 13.1. The zero-order valence-corrected chi connectivity index (χ0v) is 13.4. The Labute approximate surface area is 139 Å². The van der Waals surface area contributed by atoms with Gasteiger partial charge in [-0.05, 0) is 24.1 Å². The minimum absolute atomic E-state index is 0.201. The second kappa shape index (κ2) is 7.76. The first-order valence-electron chi connectivity index (χ1n) is 7.14. The van der Waals surface area contributed by atoms with E-state index < -0.39 is 18.0 Å². The zero-order chi connectivity index (χ0) is 16.8. The minimum Gasteiger partial charge on any atom is -0.351 e. The fourth-order valence-corrected chi connectivity index (χ4v) is 2.63. The molecule has 120 valence electrons. The SMILES string of the molecule is C[C@H](N[C@H](C(=O)NC(N)=O)c1ccccc1)c1ccccc1Cl. The Hall–Kier alpha value is -2.37. The molecule has 0 spiro atoms. The van der Waals surface area contributed by atoms with E-state index in [0.29, 0.717) is 5.02 Å². The van der Waals surface area contributed by atoms with Crippen LogP contribution in [-0.2, 0) is 4.79 Å². The van der Waals surface area contributed by atoms with Gasteiger partial charge in [-0.25, -0.2) is 4.79 Å². The van der Waals surface area contributed by atoms with E-state index in [4.69, 9.17) is 17.3 Å². The molecule has 2 atom stereocenters. The standard InChI is InChI=1S/C17H18ClN3O2/c1-11(13-9-5-6-10-14(13)18)20-15(16(22)21-17(19)23)12-7-3-2-4-8-12/h2-11,15,20H,1H3,(H3,19,21,22,23)/t11-,15-/m0/s1. The van der Waals surface area contributed by atoms with Gasteiger partial charge in [0.1, 0.15) is 6.04 Å². The van der Waals surface area contributed by atoms with Crippen molar-refractivity contribution in [1.82, 2.24) is 10.6 Å². The Morgan fingerprint density at radius 1 is 1.04 bits per heavy atom. The molecule has 2 aromatic rings. The van der Waals surface area contributed by atoms with Crippen LogP contribution in [0.4, 0.5) is 4.79 Å². The third-order valence-corrected chi connectivity index (χ3v) is 3.77. The van der Waals surface area contributed by atoms with Crippen molar-refractivity contribution in [2.75, 3.05) is 0 Å². The highest BCUT2D eigenvalue weighted by Crippen LogP contribution is 2.25. The molecule has 2 rings (SSSR count). The van der Waals surface area contributed by atoms with Crippen molar-refractivity contribution in [3.63, 3.8) is 0 Å². The molecule has 4 N–H and O–H groups in total. The van der Waals surface area contributed by atoms with Gasteiger partial charge in [0.15, 0.2) is 0 Å². The van der Waals surface area contributed by atoms with Gasteiger partial charge in [-0.3, -0.25) is 15.4 Å². The smallest absolute Gasteiger partial charge is 0.318 e. The van der Waals surface area contributed by atoms with Crippen LogP contribution in [0.25, 0.3) is 0 Å². The van der Waals surface area contributed by atoms with E-state index >= 15 is 0 Å². The molecule has 23 heavy (non-hydrogen) atoms. The highest BCUT2D eigenvalue weighted by Gasteiger charge is 2.24. The molecule has 2 aromatic carbocycles. The number of amides is 3. The fourth-order valence-electron chi connectivity index (χ4n) is 2.33. The van der Waals surface area contributed by atoms with Gasteiger partial charge >= 0.3 is 6.03 Å². The van der Waals surface area contributed by atoms with Crippen molar-refractivity contribution in [2.45, 2.75) is 19.0 Å². The van der Waals surface area contributed by atoms with Crippen LogP contribution in [0.2, 0.25) is 5.02 Å². The average Bonchev–Trinajstić information content (AvgIpc) is 2.53. The summed E-state index contributed by atoms with van der Waals surface area (Å²) in [5.74, 6) is -0.511. The number of carbonyl (C=O) groups is 2. The first kappa shape index (κ1) is 17.0. The number of imide groups is 1. The largest absolute Gasteiger partial charge is 0.351 e. The van der Waals surface area contributed by atoms with Gasteiger partial charge in [-0.1, -0.05) is 60.1 Å². The van der Waals surface area contributed by atoms with Crippen LogP contribution in [0.5, 0.6) is 0 Å². The molecular weight excluding hydrogens is 314 g/mol. The summed E-state index contributed by atoms with van der Waals surface area (Å²) in [6.45, 7) is 1.90. The van der Waals surface area contributed by atoms with E-state index in [2.05, 4.69) is 10.6 Å². The lowest BCUT2D eigenvalue weighted by atomic mass is 10.0. The Balaban J connectivity index is 2.26. The van der Waals surface area contributed by atoms with E-state index in [1.807, 2.05) is 43.3 Å². The number of urea groups is 1. The lowest BCUT2D eigenvalue weighted by Gasteiger charge is -2.23. The Morgan fingerprint density at radius 3 is 2.26 bits per heavy atom. The summed E-state index contributed by atoms with van der Waals surface area (Å²) in [4.78, 5) is 23.3. The molecule has 0 bridgehead atoms. The van der Waals surface area contributed by atoms with Crippen LogP contribution >= 0.6 is 11.6 Å². The topological polar surface area (TPSA) is 84.2 Å². The first-order valence-corrected chi connectivity index (χ1v) is 7.52. The predicted molar refractivity (Wildman–Crippen MR) is 89.9 cm³/mol. The van der Waals surface area contributed by atoms with Crippen molar-refractivity contribution in [3.05, 3.63) is 70.7 Å². The molecular formula is C17H18ClN3O2. The molecule has 0 saturated heterocycles. The third-order valence-electron chi connectivity index (χ3n) is 3.43.